The van der Waals surface area contributed by atoms with E-state index in [9.17, 15) is 9.90 Å². The number of hydrogen-bond donors (Lipinski definition) is 0. The molecule has 3 heteroatoms. The largest absolute Gasteiger partial charge is 0.545 e. The predicted molar refractivity (Wildman–Crippen MR) is 85.7 cm³/mol. The second-order valence-corrected chi connectivity index (χ2v) is 5.63. The Morgan fingerprint density at radius 3 is 2.45 bits per heavy atom. The Morgan fingerprint density at radius 1 is 1.00 bits per heavy atom. The summed E-state index contributed by atoms with van der Waals surface area (Å²) in [5.41, 5.74) is 5.69. The van der Waals surface area contributed by atoms with Crippen LogP contribution in [-0.4, -0.2) is 11.0 Å². The zero-order valence-corrected chi connectivity index (χ0v) is 12.8. The van der Waals surface area contributed by atoms with Gasteiger partial charge >= 0.3 is 0 Å². The van der Waals surface area contributed by atoms with Crippen molar-refractivity contribution in [3.63, 3.8) is 0 Å². The molecule has 0 N–H and O–H groups in total. The van der Waals surface area contributed by atoms with Gasteiger partial charge in [0.2, 0.25) is 0 Å². The number of aromatic carboxylic acids is 1. The summed E-state index contributed by atoms with van der Waals surface area (Å²) in [6.45, 7) is 5.96. The minimum atomic E-state index is -1.18. The average molecular weight is 290 g/mol. The van der Waals surface area contributed by atoms with E-state index >= 15 is 0 Å². The lowest BCUT2D eigenvalue weighted by molar-refractivity contribution is -0.254. The van der Waals surface area contributed by atoms with Crippen LogP contribution in [0, 0.1) is 20.8 Å². The summed E-state index contributed by atoms with van der Waals surface area (Å²) in [5.74, 6) is -1.18. The topological polar surface area (TPSA) is 53.0 Å². The Labute approximate surface area is 129 Å². The zero-order chi connectivity index (χ0) is 15.9. The summed E-state index contributed by atoms with van der Waals surface area (Å²) in [5, 5.41) is 12.1. The molecule has 0 bridgehead atoms. The smallest absolute Gasteiger partial charge is 0.0745 e. The van der Waals surface area contributed by atoms with Crippen LogP contribution in [0.1, 0.15) is 27.0 Å². The van der Waals surface area contributed by atoms with E-state index in [1.807, 2.05) is 45.0 Å². The van der Waals surface area contributed by atoms with Gasteiger partial charge in [-0.1, -0.05) is 42.0 Å². The maximum atomic E-state index is 11.5. The molecular weight excluding hydrogens is 274 g/mol. The molecule has 0 radical (unpaired) electrons. The molecule has 3 aromatic rings. The summed E-state index contributed by atoms with van der Waals surface area (Å²) in [6.07, 6.45) is 0. The van der Waals surface area contributed by atoms with Gasteiger partial charge < -0.3 is 9.90 Å². The predicted octanol–water partition coefficient (Wildman–Crippen LogP) is 3.19. The van der Waals surface area contributed by atoms with E-state index in [1.165, 1.54) is 5.56 Å². The van der Waals surface area contributed by atoms with Gasteiger partial charge in [-0.15, -0.1) is 0 Å². The molecule has 0 aliphatic rings. The van der Waals surface area contributed by atoms with Crippen LogP contribution in [0.5, 0.6) is 0 Å². The van der Waals surface area contributed by atoms with E-state index in [0.29, 0.717) is 16.6 Å². The van der Waals surface area contributed by atoms with Gasteiger partial charge in [-0.25, -0.2) is 4.98 Å². The van der Waals surface area contributed by atoms with Crippen LogP contribution in [0.2, 0.25) is 0 Å². The third kappa shape index (κ3) is 2.35. The molecule has 1 aromatic heterocycles. The van der Waals surface area contributed by atoms with E-state index in [1.54, 1.807) is 12.1 Å². The Morgan fingerprint density at radius 2 is 1.77 bits per heavy atom. The number of hydrogen-bond acceptors (Lipinski definition) is 3. The maximum Gasteiger partial charge on any atom is 0.0745 e. The first-order valence-corrected chi connectivity index (χ1v) is 7.16. The van der Waals surface area contributed by atoms with E-state index in [4.69, 9.17) is 0 Å². The number of pyridine rings is 1. The second-order valence-electron chi connectivity index (χ2n) is 5.63. The maximum absolute atomic E-state index is 11.5. The van der Waals surface area contributed by atoms with Gasteiger partial charge in [-0.05, 0) is 38.0 Å². The van der Waals surface area contributed by atoms with Crippen molar-refractivity contribution in [2.45, 2.75) is 20.8 Å². The third-order valence-corrected chi connectivity index (χ3v) is 3.92. The monoisotopic (exact) mass is 290 g/mol. The van der Waals surface area contributed by atoms with Gasteiger partial charge in [0.25, 0.3) is 0 Å². The number of aryl methyl sites for hydroxylation is 3. The summed E-state index contributed by atoms with van der Waals surface area (Å²) in [7, 11) is 0. The minimum Gasteiger partial charge on any atom is -0.545 e. The second kappa shape index (κ2) is 5.26. The Hall–Kier alpha value is -2.68. The minimum absolute atomic E-state index is 0.184. The lowest BCUT2D eigenvalue weighted by Gasteiger charge is -2.13. The number of carboxylic acid groups (broad SMARTS) is 1. The summed E-state index contributed by atoms with van der Waals surface area (Å²) >= 11 is 0. The molecule has 0 spiro atoms. The number of carbonyl (C=O) groups excluding carboxylic acids is 1. The highest BCUT2D eigenvalue weighted by atomic mass is 16.4. The van der Waals surface area contributed by atoms with Crippen LogP contribution < -0.4 is 5.11 Å². The first-order valence-electron chi connectivity index (χ1n) is 7.16. The van der Waals surface area contributed by atoms with Crippen LogP contribution in [0.3, 0.4) is 0 Å². The molecule has 0 saturated heterocycles. The van der Waals surface area contributed by atoms with E-state index in [2.05, 4.69) is 11.1 Å². The van der Waals surface area contributed by atoms with Crippen LogP contribution in [0.4, 0.5) is 0 Å². The highest BCUT2D eigenvalue weighted by molar-refractivity contribution is 6.03. The molecule has 0 fully saturated rings. The number of benzene rings is 2. The molecule has 3 nitrogen and oxygen atoms in total. The van der Waals surface area contributed by atoms with E-state index < -0.39 is 5.97 Å². The molecule has 110 valence electrons. The molecule has 0 amide bonds. The van der Waals surface area contributed by atoms with Gasteiger partial charge in [0.15, 0.2) is 0 Å². The van der Waals surface area contributed by atoms with Crippen molar-refractivity contribution in [2.75, 3.05) is 0 Å². The van der Waals surface area contributed by atoms with Crippen LogP contribution in [0.15, 0.2) is 42.5 Å². The first kappa shape index (κ1) is 14.3. The first-order chi connectivity index (χ1) is 10.5. The van der Waals surface area contributed by atoms with Crippen molar-refractivity contribution in [3.05, 3.63) is 64.7 Å². The van der Waals surface area contributed by atoms with Crippen molar-refractivity contribution in [1.82, 2.24) is 4.98 Å². The lowest BCUT2D eigenvalue weighted by Crippen LogP contribution is -2.22. The number of aromatic nitrogens is 1. The normalized spacial score (nSPS) is 10.9. The quantitative estimate of drug-likeness (QED) is 0.728. The number of carboxylic acids is 1. The Balaban J connectivity index is 2.36. The number of rotatable bonds is 2. The van der Waals surface area contributed by atoms with Crippen molar-refractivity contribution >= 4 is 16.9 Å². The summed E-state index contributed by atoms with van der Waals surface area (Å²) in [6, 6.07) is 13.2. The van der Waals surface area contributed by atoms with E-state index in [0.717, 1.165) is 16.7 Å². The van der Waals surface area contributed by atoms with Crippen LogP contribution in [-0.2, 0) is 0 Å². The number of para-hydroxylation sites is 1. The molecule has 0 aliphatic heterocycles. The highest BCUT2D eigenvalue weighted by Crippen LogP contribution is 2.28. The molecule has 0 saturated carbocycles. The van der Waals surface area contributed by atoms with Gasteiger partial charge in [0.05, 0.1) is 17.2 Å². The fourth-order valence-corrected chi connectivity index (χ4v) is 2.80. The standard InChI is InChI=1S/C19H17NO2/c1-11-7-8-14(13(3)9-11)17-10-16(19(21)22)15-6-4-5-12(2)18(15)20-17/h4-10H,1-3H3,(H,21,22)/p-1. The molecule has 22 heavy (non-hydrogen) atoms. The Kier molecular flexibility index (Phi) is 3.41. The average Bonchev–Trinajstić information content (AvgIpc) is 2.47. The van der Waals surface area contributed by atoms with Gasteiger partial charge in [0.1, 0.15) is 0 Å². The van der Waals surface area contributed by atoms with Gasteiger partial charge in [0, 0.05) is 16.5 Å². The van der Waals surface area contributed by atoms with Crippen LogP contribution >= 0.6 is 0 Å². The van der Waals surface area contributed by atoms with E-state index in [-0.39, 0.29) is 5.56 Å². The fraction of sp³-hybridized carbons (Fsp3) is 0.158. The Bertz CT molecular complexity index is 897. The molecule has 2 aromatic carbocycles. The van der Waals surface area contributed by atoms with Gasteiger partial charge in [-0.3, -0.25) is 0 Å². The molecule has 0 atom stereocenters. The molecule has 0 aliphatic carbocycles. The lowest BCUT2D eigenvalue weighted by atomic mass is 9.98. The highest BCUT2D eigenvalue weighted by Gasteiger charge is 2.11. The molecule has 0 unspecified atom stereocenters. The van der Waals surface area contributed by atoms with Crippen molar-refractivity contribution in [1.29, 1.82) is 0 Å². The third-order valence-electron chi connectivity index (χ3n) is 3.92. The van der Waals surface area contributed by atoms with Crippen molar-refractivity contribution in [2.24, 2.45) is 0 Å². The summed E-state index contributed by atoms with van der Waals surface area (Å²) in [4.78, 5) is 16.2. The van der Waals surface area contributed by atoms with Gasteiger partial charge in [-0.2, -0.15) is 0 Å². The fourth-order valence-electron chi connectivity index (χ4n) is 2.80. The number of nitrogens with zero attached hydrogens (tertiary/aromatic N) is 1. The van der Waals surface area contributed by atoms with Crippen LogP contribution in [0.25, 0.3) is 22.2 Å². The molecular formula is C19H16NO2-. The molecule has 1 heterocycles. The molecule has 3 rings (SSSR count). The zero-order valence-electron chi connectivity index (χ0n) is 12.8. The SMILES string of the molecule is Cc1ccc(-c2cc(C(=O)[O-])c3cccc(C)c3n2)c(C)c1. The number of carbonyl (C=O) groups is 1. The summed E-state index contributed by atoms with van der Waals surface area (Å²) < 4.78 is 0. The number of fused-ring (bicyclic) bond motifs is 1. The van der Waals surface area contributed by atoms with Crippen molar-refractivity contribution in [3.8, 4) is 11.3 Å². The van der Waals surface area contributed by atoms with Crippen molar-refractivity contribution < 1.29 is 9.90 Å².